The number of thioether (sulfide) groups is 1. The molecule has 2 heterocycles. The van der Waals surface area contributed by atoms with Crippen molar-refractivity contribution >= 4 is 23.1 Å². The smallest absolute Gasteiger partial charge is 0.197 e. The summed E-state index contributed by atoms with van der Waals surface area (Å²) in [6, 6.07) is 5.80. The number of aromatic amines is 1. The van der Waals surface area contributed by atoms with Crippen molar-refractivity contribution in [3.63, 3.8) is 0 Å². The normalized spacial score (nSPS) is 10.5. The van der Waals surface area contributed by atoms with Crippen molar-refractivity contribution in [2.24, 2.45) is 0 Å². The van der Waals surface area contributed by atoms with Gasteiger partial charge < -0.3 is 9.72 Å². The van der Waals surface area contributed by atoms with Crippen LogP contribution in [0.5, 0.6) is 5.75 Å². The predicted octanol–water partition coefficient (Wildman–Crippen LogP) is 2.75. The van der Waals surface area contributed by atoms with Gasteiger partial charge in [0.15, 0.2) is 11.3 Å². The molecule has 5 nitrogen and oxygen atoms in total. The van der Waals surface area contributed by atoms with Crippen LogP contribution in [0.15, 0.2) is 35.5 Å². The largest absolute Gasteiger partial charge is 0.497 e. The van der Waals surface area contributed by atoms with Crippen LogP contribution in [0.2, 0.25) is 0 Å². The molecule has 0 radical (unpaired) electrons. The number of ether oxygens (including phenoxy) is 1. The zero-order valence-electron chi connectivity index (χ0n) is 11.3. The van der Waals surface area contributed by atoms with Crippen molar-refractivity contribution in [2.75, 3.05) is 12.9 Å². The SMILES string of the molecule is C#CCSc1cc(OC)ccc1-c1nc2nccnc2[nH]1. The fourth-order valence-corrected chi connectivity index (χ4v) is 2.70. The molecule has 3 aromatic rings. The average molecular weight is 296 g/mol. The number of terminal acetylenes is 1. The number of methoxy groups -OCH3 is 1. The molecule has 0 spiro atoms. The minimum atomic E-state index is 0.580. The molecule has 3 rings (SSSR count). The second-order valence-corrected chi connectivity index (χ2v) is 5.19. The number of nitrogens with zero attached hydrogens (tertiary/aromatic N) is 3. The highest BCUT2D eigenvalue weighted by Crippen LogP contribution is 2.33. The Morgan fingerprint density at radius 1 is 1.33 bits per heavy atom. The maximum absolute atomic E-state index is 5.35. The quantitative estimate of drug-likeness (QED) is 0.592. The van der Waals surface area contributed by atoms with E-state index in [-0.39, 0.29) is 0 Å². The Morgan fingerprint density at radius 3 is 2.95 bits per heavy atom. The molecule has 1 N–H and O–H groups in total. The summed E-state index contributed by atoms with van der Waals surface area (Å²) in [7, 11) is 1.64. The molecule has 0 saturated heterocycles. The first-order chi connectivity index (χ1) is 10.3. The minimum absolute atomic E-state index is 0.580. The minimum Gasteiger partial charge on any atom is -0.497 e. The van der Waals surface area contributed by atoms with Gasteiger partial charge in [-0.25, -0.2) is 15.0 Å². The fourth-order valence-electron chi connectivity index (χ4n) is 1.94. The zero-order valence-corrected chi connectivity index (χ0v) is 12.1. The predicted molar refractivity (Wildman–Crippen MR) is 83.2 cm³/mol. The summed E-state index contributed by atoms with van der Waals surface area (Å²) < 4.78 is 5.26. The third-order valence-electron chi connectivity index (χ3n) is 2.89. The summed E-state index contributed by atoms with van der Waals surface area (Å²) in [5, 5.41) is 0. The van der Waals surface area contributed by atoms with Crippen LogP contribution in [0.25, 0.3) is 22.7 Å². The summed E-state index contributed by atoms with van der Waals surface area (Å²) in [6.07, 6.45) is 8.60. The van der Waals surface area contributed by atoms with Crippen molar-refractivity contribution in [3.8, 4) is 29.5 Å². The van der Waals surface area contributed by atoms with Crippen LogP contribution in [0.1, 0.15) is 0 Å². The molecule has 0 bridgehead atoms. The number of nitrogens with one attached hydrogen (secondary N) is 1. The van der Waals surface area contributed by atoms with Gasteiger partial charge >= 0.3 is 0 Å². The second kappa shape index (κ2) is 5.85. The van der Waals surface area contributed by atoms with E-state index in [1.165, 1.54) is 0 Å². The van der Waals surface area contributed by atoms with E-state index in [1.54, 1.807) is 31.3 Å². The Morgan fingerprint density at radius 2 is 2.19 bits per heavy atom. The average Bonchev–Trinajstić information content (AvgIpc) is 2.96. The molecule has 0 saturated carbocycles. The summed E-state index contributed by atoms with van der Waals surface area (Å²) in [4.78, 5) is 17.0. The number of fused-ring (bicyclic) bond motifs is 1. The van der Waals surface area contributed by atoms with E-state index in [9.17, 15) is 0 Å². The van der Waals surface area contributed by atoms with E-state index in [1.807, 2.05) is 18.2 Å². The van der Waals surface area contributed by atoms with Gasteiger partial charge in [-0.05, 0) is 18.2 Å². The van der Waals surface area contributed by atoms with Gasteiger partial charge in [0.05, 0.1) is 12.9 Å². The summed E-state index contributed by atoms with van der Waals surface area (Å²) in [5.74, 6) is 4.71. The van der Waals surface area contributed by atoms with Gasteiger partial charge in [-0.1, -0.05) is 5.92 Å². The Hall–Kier alpha value is -2.52. The van der Waals surface area contributed by atoms with Gasteiger partial charge in [0, 0.05) is 22.9 Å². The Balaban J connectivity index is 2.09. The lowest BCUT2D eigenvalue weighted by Gasteiger charge is -2.08. The van der Waals surface area contributed by atoms with Crippen molar-refractivity contribution in [1.82, 2.24) is 19.9 Å². The van der Waals surface area contributed by atoms with Crippen molar-refractivity contribution in [3.05, 3.63) is 30.6 Å². The number of hydrogen-bond acceptors (Lipinski definition) is 5. The molecule has 1 aromatic carbocycles. The highest BCUT2D eigenvalue weighted by Gasteiger charge is 2.12. The summed E-state index contributed by atoms with van der Waals surface area (Å²) >= 11 is 1.56. The topological polar surface area (TPSA) is 63.7 Å². The molecular weight excluding hydrogens is 284 g/mol. The first-order valence-corrected chi connectivity index (χ1v) is 7.22. The van der Waals surface area contributed by atoms with Gasteiger partial charge in [-0.3, -0.25) is 0 Å². The summed E-state index contributed by atoms with van der Waals surface area (Å²) in [5.41, 5.74) is 2.21. The van der Waals surface area contributed by atoms with E-state index in [4.69, 9.17) is 11.2 Å². The molecule has 104 valence electrons. The van der Waals surface area contributed by atoms with Crippen LogP contribution < -0.4 is 4.74 Å². The number of benzene rings is 1. The molecule has 0 unspecified atom stereocenters. The van der Waals surface area contributed by atoms with Crippen LogP contribution >= 0.6 is 11.8 Å². The number of aromatic nitrogens is 4. The molecular formula is C15H12N4OS. The highest BCUT2D eigenvalue weighted by atomic mass is 32.2. The molecule has 0 aliphatic heterocycles. The van der Waals surface area contributed by atoms with Crippen LogP contribution in [0.3, 0.4) is 0 Å². The van der Waals surface area contributed by atoms with Crippen LogP contribution in [0, 0.1) is 12.3 Å². The number of imidazole rings is 1. The number of rotatable bonds is 4. The second-order valence-electron chi connectivity index (χ2n) is 4.17. The van der Waals surface area contributed by atoms with Gasteiger partial charge in [0.1, 0.15) is 11.6 Å². The van der Waals surface area contributed by atoms with E-state index in [0.29, 0.717) is 17.0 Å². The number of H-pyrrole nitrogens is 1. The van der Waals surface area contributed by atoms with Gasteiger partial charge in [-0.2, -0.15) is 0 Å². The zero-order chi connectivity index (χ0) is 14.7. The molecule has 0 aliphatic carbocycles. The van der Waals surface area contributed by atoms with Crippen LogP contribution in [0.4, 0.5) is 0 Å². The molecule has 21 heavy (non-hydrogen) atoms. The van der Waals surface area contributed by atoms with Gasteiger partial charge in [0.25, 0.3) is 0 Å². The molecule has 2 aromatic heterocycles. The van der Waals surface area contributed by atoms with Crippen molar-refractivity contribution in [1.29, 1.82) is 0 Å². The maximum atomic E-state index is 5.35. The van der Waals surface area contributed by atoms with E-state index in [0.717, 1.165) is 22.0 Å². The van der Waals surface area contributed by atoms with Crippen molar-refractivity contribution in [2.45, 2.75) is 4.90 Å². The van der Waals surface area contributed by atoms with Crippen molar-refractivity contribution < 1.29 is 4.74 Å². The molecule has 0 atom stereocenters. The Kier molecular flexibility index (Phi) is 3.75. The molecule has 0 aliphatic rings. The lowest BCUT2D eigenvalue weighted by atomic mass is 10.2. The third kappa shape index (κ3) is 2.69. The van der Waals surface area contributed by atoms with Gasteiger partial charge in [-0.15, -0.1) is 18.2 Å². The number of hydrogen-bond donors (Lipinski definition) is 1. The molecule has 0 fully saturated rings. The first-order valence-electron chi connectivity index (χ1n) is 6.23. The Bertz CT molecular complexity index is 789. The lowest BCUT2D eigenvalue weighted by molar-refractivity contribution is 0.414. The van der Waals surface area contributed by atoms with Crippen LogP contribution in [-0.2, 0) is 0 Å². The first kappa shape index (κ1) is 13.5. The van der Waals surface area contributed by atoms with Gasteiger partial charge in [0.2, 0.25) is 0 Å². The van der Waals surface area contributed by atoms with E-state index < -0.39 is 0 Å². The third-order valence-corrected chi connectivity index (χ3v) is 3.85. The Labute approximate surface area is 126 Å². The lowest BCUT2D eigenvalue weighted by Crippen LogP contribution is -1.89. The maximum Gasteiger partial charge on any atom is 0.197 e. The van der Waals surface area contributed by atoms with E-state index in [2.05, 4.69) is 25.9 Å². The molecule has 0 amide bonds. The standard InChI is InChI=1S/C15H12N4OS/c1-3-8-21-12-9-10(20-2)4-5-11(12)13-18-14-15(19-13)17-7-6-16-14/h1,4-7,9H,8H2,2H3,(H,16,17,18,19). The van der Waals surface area contributed by atoms with Crippen LogP contribution in [-0.4, -0.2) is 32.8 Å². The monoisotopic (exact) mass is 296 g/mol. The highest BCUT2D eigenvalue weighted by molar-refractivity contribution is 7.99. The fraction of sp³-hybridized carbons (Fsp3) is 0.133. The summed E-state index contributed by atoms with van der Waals surface area (Å²) in [6.45, 7) is 0. The molecule has 6 heteroatoms. The van der Waals surface area contributed by atoms with E-state index >= 15 is 0 Å².